The zero-order chi connectivity index (χ0) is 22.5. The summed E-state index contributed by atoms with van der Waals surface area (Å²) in [6, 6.07) is 16.6. The molecule has 0 radical (unpaired) electrons. The molecular weight excluding hydrogens is 564 g/mol. The van der Waals surface area contributed by atoms with Gasteiger partial charge in [-0.05, 0) is 73.3 Å². The van der Waals surface area contributed by atoms with Gasteiger partial charge in [-0.25, -0.2) is 5.43 Å². The van der Waals surface area contributed by atoms with Gasteiger partial charge >= 0.3 is 0 Å². The summed E-state index contributed by atoms with van der Waals surface area (Å²) in [6.45, 7) is 0.532. The molecule has 4 rings (SSSR count). The molecule has 0 saturated carbocycles. The molecule has 1 N–H and O–H groups in total. The van der Waals surface area contributed by atoms with E-state index >= 15 is 0 Å². The molecule has 0 fully saturated rings. The number of nitrogens with zero attached hydrogens (tertiary/aromatic N) is 1. The lowest BCUT2D eigenvalue weighted by Gasteiger charge is -2.12. The average molecular weight is 581 g/mol. The summed E-state index contributed by atoms with van der Waals surface area (Å²) in [5.41, 5.74) is 5.02. The van der Waals surface area contributed by atoms with Gasteiger partial charge in [0.05, 0.1) is 21.6 Å². The average Bonchev–Trinajstić information content (AvgIpc) is 3.22. The fourth-order valence-electron chi connectivity index (χ4n) is 3.01. The molecule has 1 aliphatic rings. The van der Waals surface area contributed by atoms with E-state index < -0.39 is 0 Å². The third-order valence-electron chi connectivity index (χ3n) is 4.55. The van der Waals surface area contributed by atoms with E-state index in [1.807, 2.05) is 42.5 Å². The minimum Gasteiger partial charge on any atom is -0.486 e. The Bertz CT molecular complexity index is 1160. The van der Waals surface area contributed by atoms with Gasteiger partial charge in [0.1, 0.15) is 12.4 Å². The molecule has 9 heteroatoms. The van der Waals surface area contributed by atoms with Gasteiger partial charge in [-0.15, -0.1) is 0 Å². The first-order valence-corrected chi connectivity index (χ1v) is 11.5. The Hall–Kier alpha value is -2.55. The number of benzene rings is 3. The number of hydrogen-bond acceptors (Lipinski definition) is 5. The number of hydrogen-bond donors (Lipinski definition) is 1. The molecule has 3 aromatic carbocycles. The third kappa shape index (κ3) is 5.62. The van der Waals surface area contributed by atoms with Crippen LogP contribution in [0.5, 0.6) is 17.2 Å². The van der Waals surface area contributed by atoms with Crippen molar-refractivity contribution in [2.75, 3.05) is 6.79 Å². The summed E-state index contributed by atoms with van der Waals surface area (Å²) in [7, 11) is 0. The summed E-state index contributed by atoms with van der Waals surface area (Å²) < 4.78 is 18.0. The topological polar surface area (TPSA) is 69.2 Å². The van der Waals surface area contributed by atoms with Gasteiger partial charge in [0.2, 0.25) is 12.7 Å². The maximum absolute atomic E-state index is 12.2. The minimum absolute atomic E-state index is 0.177. The van der Waals surface area contributed by atoms with Crippen LogP contribution in [-0.4, -0.2) is 18.9 Å². The van der Waals surface area contributed by atoms with E-state index in [0.29, 0.717) is 28.9 Å². The zero-order valence-electron chi connectivity index (χ0n) is 16.6. The van der Waals surface area contributed by atoms with Gasteiger partial charge in [-0.2, -0.15) is 5.10 Å². The highest BCUT2D eigenvalue weighted by molar-refractivity contribution is 9.11. The maximum Gasteiger partial charge on any atom is 0.244 e. The minimum atomic E-state index is -0.238. The SMILES string of the molecule is O=C(Cc1ccc2c(c1)OCO2)N/N=C\c1cc(Br)c(OCc2ccccc2Cl)c(Br)c1. The second-order valence-electron chi connectivity index (χ2n) is 6.85. The van der Waals surface area contributed by atoms with Crippen LogP contribution in [0.1, 0.15) is 16.7 Å². The number of hydrazone groups is 1. The second kappa shape index (κ2) is 10.4. The number of halogens is 3. The van der Waals surface area contributed by atoms with Crippen LogP contribution in [0, 0.1) is 0 Å². The Morgan fingerprint density at radius 3 is 2.62 bits per heavy atom. The summed E-state index contributed by atoms with van der Waals surface area (Å²) in [5.74, 6) is 1.74. The van der Waals surface area contributed by atoms with Crippen LogP contribution in [0.3, 0.4) is 0 Å². The molecule has 32 heavy (non-hydrogen) atoms. The first kappa shape index (κ1) is 22.6. The van der Waals surface area contributed by atoms with Crippen LogP contribution in [0.25, 0.3) is 0 Å². The summed E-state index contributed by atoms with van der Waals surface area (Å²) in [4.78, 5) is 12.2. The van der Waals surface area contributed by atoms with Gasteiger partial charge in [-0.1, -0.05) is 35.9 Å². The van der Waals surface area contributed by atoms with Crippen molar-refractivity contribution in [1.29, 1.82) is 0 Å². The maximum atomic E-state index is 12.2. The fraction of sp³-hybridized carbons (Fsp3) is 0.130. The molecule has 0 aromatic heterocycles. The summed E-state index contributed by atoms with van der Waals surface area (Å²) in [6.07, 6.45) is 1.74. The van der Waals surface area contributed by atoms with Crippen molar-refractivity contribution in [2.45, 2.75) is 13.0 Å². The van der Waals surface area contributed by atoms with Gasteiger partial charge in [-0.3, -0.25) is 4.79 Å². The van der Waals surface area contributed by atoms with Gasteiger partial charge in [0.15, 0.2) is 11.5 Å². The molecule has 3 aromatic rings. The smallest absolute Gasteiger partial charge is 0.244 e. The molecular formula is C23H17Br2ClN2O4. The zero-order valence-corrected chi connectivity index (χ0v) is 20.5. The Morgan fingerprint density at radius 2 is 1.84 bits per heavy atom. The van der Waals surface area contributed by atoms with Crippen molar-refractivity contribution in [3.05, 3.63) is 85.3 Å². The van der Waals surface area contributed by atoms with Crippen LogP contribution >= 0.6 is 43.5 Å². The number of rotatable bonds is 7. The first-order chi connectivity index (χ1) is 15.5. The molecule has 1 aliphatic heterocycles. The van der Waals surface area contributed by atoms with Gasteiger partial charge in [0.25, 0.3) is 0 Å². The molecule has 164 valence electrons. The molecule has 0 aliphatic carbocycles. The lowest BCUT2D eigenvalue weighted by Crippen LogP contribution is -2.19. The number of fused-ring (bicyclic) bond motifs is 1. The molecule has 6 nitrogen and oxygen atoms in total. The van der Waals surface area contributed by atoms with Crippen molar-refractivity contribution >= 4 is 55.6 Å². The predicted octanol–water partition coefficient (Wildman–Crippen LogP) is 5.87. The number of carbonyl (C=O) groups is 1. The van der Waals surface area contributed by atoms with E-state index in [9.17, 15) is 4.79 Å². The Kier molecular flexibility index (Phi) is 7.34. The van der Waals surface area contributed by atoms with Crippen LogP contribution in [0.4, 0.5) is 0 Å². The monoisotopic (exact) mass is 578 g/mol. The standard InChI is InChI=1S/C23H17Br2ClN2O4/c24-17-7-15(8-18(25)23(17)30-12-16-3-1-2-4-19(16)26)11-27-28-22(29)10-14-5-6-20-21(9-14)32-13-31-20/h1-9,11H,10,12-13H2,(H,28,29)/b27-11-. The molecule has 1 amide bonds. The lowest BCUT2D eigenvalue weighted by atomic mass is 10.1. The van der Waals surface area contributed by atoms with E-state index in [2.05, 4.69) is 42.4 Å². The van der Waals surface area contributed by atoms with Crippen molar-refractivity contribution in [2.24, 2.45) is 5.10 Å². The van der Waals surface area contributed by atoms with Crippen molar-refractivity contribution in [1.82, 2.24) is 5.43 Å². The molecule has 0 spiro atoms. The van der Waals surface area contributed by atoms with E-state index in [-0.39, 0.29) is 19.1 Å². The summed E-state index contributed by atoms with van der Waals surface area (Å²) in [5, 5.41) is 4.70. The van der Waals surface area contributed by atoms with Crippen molar-refractivity contribution < 1.29 is 19.0 Å². The predicted molar refractivity (Wildman–Crippen MR) is 130 cm³/mol. The Labute approximate surface area is 206 Å². The van der Waals surface area contributed by atoms with Crippen LogP contribution in [0.2, 0.25) is 5.02 Å². The lowest BCUT2D eigenvalue weighted by molar-refractivity contribution is -0.120. The van der Waals surface area contributed by atoms with E-state index in [1.165, 1.54) is 0 Å². The van der Waals surface area contributed by atoms with E-state index in [1.54, 1.807) is 18.3 Å². The largest absolute Gasteiger partial charge is 0.486 e. The highest BCUT2D eigenvalue weighted by Gasteiger charge is 2.14. The molecule has 0 unspecified atom stereocenters. The number of ether oxygens (including phenoxy) is 3. The first-order valence-electron chi connectivity index (χ1n) is 9.55. The second-order valence-corrected chi connectivity index (χ2v) is 8.97. The van der Waals surface area contributed by atoms with Crippen LogP contribution in [-0.2, 0) is 17.8 Å². The van der Waals surface area contributed by atoms with Crippen molar-refractivity contribution in [3.63, 3.8) is 0 Å². The Morgan fingerprint density at radius 1 is 1.09 bits per heavy atom. The third-order valence-corrected chi connectivity index (χ3v) is 6.10. The highest BCUT2D eigenvalue weighted by Crippen LogP contribution is 2.35. The highest BCUT2D eigenvalue weighted by atomic mass is 79.9. The summed E-state index contributed by atoms with van der Waals surface area (Å²) >= 11 is 13.2. The normalized spacial score (nSPS) is 12.2. The van der Waals surface area contributed by atoms with E-state index in [4.69, 9.17) is 25.8 Å². The van der Waals surface area contributed by atoms with Crippen LogP contribution < -0.4 is 19.6 Å². The van der Waals surface area contributed by atoms with Gasteiger partial charge in [0, 0.05) is 10.6 Å². The number of nitrogens with one attached hydrogen (secondary N) is 1. The number of amides is 1. The molecule has 0 saturated heterocycles. The molecule has 1 heterocycles. The van der Waals surface area contributed by atoms with Gasteiger partial charge < -0.3 is 14.2 Å². The quantitative estimate of drug-likeness (QED) is 0.281. The molecule has 0 bridgehead atoms. The fourth-order valence-corrected chi connectivity index (χ4v) is 4.65. The van der Waals surface area contributed by atoms with Crippen LogP contribution in [0.15, 0.2) is 68.6 Å². The van der Waals surface area contributed by atoms with Crippen molar-refractivity contribution in [3.8, 4) is 17.2 Å². The molecule has 0 atom stereocenters. The van der Waals surface area contributed by atoms with E-state index in [0.717, 1.165) is 25.6 Å². The number of carbonyl (C=O) groups excluding carboxylic acids is 1. The Balaban J connectivity index is 1.34.